The van der Waals surface area contributed by atoms with Crippen molar-refractivity contribution in [1.82, 2.24) is 9.97 Å². The van der Waals surface area contributed by atoms with Crippen molar-refractivity contribution < 1.29 is 15.3 Å². The molecule has 0 aromatic carbocycles. The maximum absolute atomic E-state index is 8.89. The van der Waals surface area contributed by atoms with Crippen molar-refractivity contribution in [3.63, 3.8) is 0 Å². The number of rotatable bonds is 1. The van der Waals surface area contributed by atoms with Gasteiger partial charge in [0.05, 0.1) is 0 Å². The van der Waals surface area contributed by atoms with Crippen LogP contribution in [0.15, 0.2) is 29.9 Å². The van der Waals surface area contributed by atoms with Gasteiger partial charge in [0.25, 0.3) is 0 Å². The molecule has 0 aliphatic rings. The standard InChI is InChI=1S/C11H8N2O3S/c14-11(15,16)10-13-9(7-17-10)4-3-8-2-1-5-12-6-8/h1-2,5-7,14-16H. The van der Waals surface area contributed by atoms with E-state index in [-0.39, 0.29) is 5.01 Å². The van der Waals surface area contributed by atoms with Gasteiger partial charge in [0.1, 0.15) is 5.69 Å². The van der Waals surface area contributed by atoms with Crippen molar-refractivity contribution in [2.75, 3.05) is 0 Å². The normalized spacial score (nSPS) is 10.8. The Morgan fingerprint density at radius 2 is 2.06 bits per heavy atom. The Labute approximate surface area is 101 Å². The fourth-order valence-electron chi connectivity index (χ4n) is 1.06. The van der Waals surface area contributed by atoms with Crippen LogP contribution in [0.2, 0.25) is 0 Å². The molecule has 2 heterocycles. The lowest BCUT2D eigenvalue weighted by atomic mass is 10.3. The highest BCUT2D eigenvalue weighted by molar-refractivity contribution is 7.09. The molecule has 2 aromatic heterocycles. The van der Waals surface area contributed by atoms with E-state index in [0.29, 0.717) is 5.69 Å². The van der Waals surface area contributed by atoms with Crippen LogP contribution in [0.3, 0.4) is 0 Å². The minimum absolute atomic E-state index is 0.215. The minimum Gasteiger partial charge on any atom is -0.338 e. The molecule has 0 saturated heterocycles. The summed E-state index contributed by atoms with van der Waals surface area (Å²) in [6.07, 6.45) is 3.25. The van der Waals surface area contributed by atoms with Gasteiger partial charge in [0.15, 0.2) is 5.01 Å². The first kappa shape index (κ1) is 11.7. The Hall–Kier alpha value is -1.78. The van der Waals surface area contributed by atoms with Crippen LogP contribution in [0, 0.1) is 11.8 Å². The Morgan fingerprint density at radius 1 is 1.24 bits per heavy atom. The predicted octanol–water partition coefficient (Wildman–Crippen LogP) is 0.0251. The van der Waals surface area contributed by atoms with Crippen LogP contribution in [0.4, 0.5) is 0 Å². The van der Waals surface area contributed by atoms with Crippen LogP contribution >= 0.6 is 11.3 Å². The van der Waals surface area contributed by atoms with Crippen molar-refractivity contribution >= 4 is 11.3 Å². The van der Waals surface area contributed by atoms with Gasteiger partial charge in [-0.3, -0.25) is 4.98 Å². The van der Waals surface area contributed by atoms with Crippen LogP contribution < -0.4 is 0 Å². The maximum Gasteiger partial charge on any atom is 0.332 e. The molecule has 2 aromatic rings. The highest BCUT2D eigenvalue weighted by Crippen LogP contribution is 2.18. The zero-order valence-electron chi connectivity index (χ0n) is 8.53. The highest BCUT2D eigenvalue weighted by atomic mass is 32.1. The van der Waals surface area contributed by atoms with Gasteiger partial charge < -0.3 is 15.3 Å². The van der Waals surface area contributed by atoms with Crippen LogP contribution in [0.1, 0.15) is 16.3 Å². The van der Waals surface area contributed by atoms with Gasteiger partial charge in [-0.2, -0.15) is 0 Å². The Balaban J connectivity index is 2.21. The second kappa shape index (κ2) is 4.61. The summed E-state index contributed by atoms with van der Waals surface area (Å²) in [4.78, 5) is 7.67. The lowest BCUT2D eigenvalue weighted by Crippen LogP contribution is -2.23. The number of nitrogens with zero attached hydrogens (tertiary/aromatic N) is 2. The maximum atomic E-state index is 8.89. The molecular formula is C11H8N2O3S. The summed E-state index contributed by atoms with van der Waals surface area (Å²) < 4.78 is 0. The summed E-state index contributed by atoms with van der Waals surface area (Å²) in [7, 11) is 0. The smallest absolute Gasteiger partial charge is 0.332 e. The lowest BCUT2D eigenvalue weighted by Gasteiger charge is -2.08. The molecule has 0 aliphatic carbocycles. The summed E-state index contributed by atoms with van der Waals surface area (Å²) >= 11 is 0.912. The van der Waals surface area contributed by atoms with E-state index in [1.165, 1.54) is 5.38 Å². The number of aliphatic hydroxyl groups is 3. The first-order valence-corrected chi connectivity index (χ1v) is 5.49. The number of aromatic nitrogens is 2. The lowest BCUT2D eigenvalue weighted by molar-refractivity contribution is -0.323. The molecule has 0 atom stereocenters. The molecule has 5 nitrogen and oxygen atoms in total. The van der Waals surface area contributed by atoms with Gasteiger partial charge in [-0.1, -0.05) is 5.92 Å². The second-order valence-corrected chi connectivity index (χ2v) is 4.02. The van der Waals surface area contributed by atoms with Gasteiger partial charge in [-0.05, 0) is 18.1 Å². The van der Waals surface area contributed by atoms with E-state index in [2.05, 4.69) is 21.8 Å². The zero-order chi connectivity index (χ0) is 12.3. The third-order valence-electron chi connectivity index (χ3n) is 1.79. The molecule has 86 valence electrons. The first-order chi connectivity index (χ1) is 8.05. The number of hydrogen-bond acceptors (Lipinski definition) is 6. The largest absolute Gasteiger partial charge is 0.338 e. The predicted molar refractivity (Wildman–Crippen MR) is 60.7 cm³/mol. The quantitative estimate of drug-likeness (QED) is 0.489. The average molecular weight is 248 g/mol. The van der Waals surface area contributed by atoms with Crippen molar-refractivity contribution in [1.29, 1.82) is 0 Å². The van der Waals surface area contributed by atoms with Crippen molar-refractivity contribution in [3.8, 4) is 11.8 Å². The molecule has 0 fully saturated rings. The van der Waals surface area contributed by atoms with E-state index in [1.54, 1.807) is 24.5 Å². The Bertz CT molecular complexity index is 564. The zero-order valence-corrected chi connectivity index (χ0v) is 9.35. The molecule has 17 heavy (non-hydrogen) atoms. The molecule has 3 N–H and O–H groups in total. The van der Waals surface area contributed by atoms with Gasteiger partial charge in [0.2, 0.25) is 0 Å². The minimum atomic E-state index is -2.90. The Kier molecular flexibility index (Phi) is 3.17. The molecular weight excluding hydrogens is 240 g/mol. The molecule has 0 amide bonds. The van der Waals surface area contributed by atoms with Crippen molar-refractivity contribution in [2.45, 2.75) is 5.97 Å². The van der Waals surface area contributed by atoms with Crippen LogP contribution in [0.25, 0.3) is 0 Å². The van der Waals surface area contributed by atoms with Gasteiger partial charge in [-0.15, -0.1) is 11.3 Å². The average Bonchev–Trinajstić information content (AvgIpc) is 2.76. The van der Waals surface area contributed by atoms with Gasteiger partial charge in [0, 0.05) is 23.3 Å². The van der Waals surface area contributed by atoms with E-state index in [9.17, 15) is 0 Å². The van der Waals surface area contributed by atoms with Crippen molar-refractivity contribution in [2.24, 2.45) is 0 Å². The van der Waals surface area contributed by atoms with Crippen molar-refractivity contribution in [3.05, 3.63) is 46.2 Å². The third kappa shape index (κ3) is 3.09. The van der Waals surface area contributed by atoms with Crippen LogP contribution in [-0.4, -0.2) is 25.3 Å². The molecule has 2 rings (SSSR count). The van der Waals surface area contributed by atoms with E-state index in [0.717, 1.165) is 16.9 Å². The highest BCUT2D eigenvalue weighted by Gasteiger charge is 2.25. The van der Waals surface area contributed by atoms with E-state index < -0.39 is 5.97 Å². The second-order valence-electron chi connectivity index (χ2n) is 3.17. The monoisotopic (exact) mass is 248 g/mol. The summed E-state index contributed by atoms with van der Waals surface area (Å²) in [6, 6.07) is 3.55. The number of hydrogen-bond donors (Lipinski definition) is 3. The fraction of sp³-hybridized carbons (Fsp3) is 0.0909. The molecule has 0 saturated carbocycles. The number of thiazole rings is 1. The topological polar surface area (TPSA) is 86.5 Å². The molecule has 0 unspecified atom stereocenters. The fourth-order valence-corrected chi connectivity index (χ4v) is 1.70. The van der Waals surface area contributed by atoms with E-state index in [4.69, 9.17) is 15.3 Å². The molecule has 0 bridgehead atoms. The van der Waals surface area contributed by atoms with Gasteiger partial charge in [-0.25, -0.2) is 4.98 Å². The summed E-state index contributed by atoms with van der Waals surface area (Å²) in [5.74, 6) is 2.64. The number of pyridine rings is 1. The van der Waals surface area contributed by atoms with Crippen LogP contribution in [-0.2, 0) is 5.97 Å². The molecule has 0 spiro atoms. The van der Waals surface area contributed by atoms with E-state index >= 15 is 0 Å². The summed E-state index contributed by atoms with van der Waals surface area (Å²) in [5.41, 5.74) is 1.08. The summed E-state index contributed by atoms with van der Waals surface area (Å²) in [5, 5.41) is 28.0. The first-order valence-electron chi connectivity index (χ1n) is 4.61. The SMILES string of the molecule is OC(O)(O)c1nc(C#Cc2cccnc2)cs1. The summed E-state index contributed by atoms with van der Waals surface area (Å²) in [6.45, 7) is 0. The molecule has 0 aliphatic heterocycles. The molecule has 6 heteroatoms. The third-order valence-corrected chi connectivity index (χ3v) is 2.72. The molecule has 0 radical (unpaired) electrons. The van der Waals surface area contributed by atoms with E-state index in [1.807, 2.05) is 0 Å². The Morgan fingerprint density at radius 3 is 2.65 bits per heavy atom. The van der Waals surface area contributed by atoms with Crippen LogP contribution in [0.5, 0.6) is 0 Å². The van der Waals surface area contributed by atoms with Gasteiger partial charge >= 0.3 is 5.97 Å².